The van der Waals surface area contributed by atoms with E-state index in [0.29, 0.717) is 29.7 Å². The zero-order valence-electron chi connectivity index (χ0n) is 15.9. The molecule has 148 valence electrons. The zero-order chi connectivity index (χ0) is 19.8. The lowest BCUT2D eigenvalue weighted by atomic mass is 10.1. The van der Waals surface area contributed by atoms with Crippen molar-refractivity contribution >= 4 is 28.9 Å². The molecule has 0 aliphatic carbocycles. The Morgan fingerprint density at radius 2 is 1.83 bits per heavy atom. The molecule has 1 amide bonds. The van der Waals surface area contributed by atoms with E-state index in [2.05, 4.69) is 27.2 Å². The second-order valence-electron chi connectivity index (χ2n) is 7.58. The van der Waals surface area contributed by atoms with Crippen molar-refractivity contribution in [3.8, 4) is 11.4 Å². The molecule has 3 aromatic rings. The van der Waals surface area contributed by atoms with Gasteiger partial charge in [0.05, 0.1) is 5.92 Å². The summed E-state index contributed by atoms with van der Waals surface area (Å²) in [7, 11) is 0. The fourth-order valence-corrected chi connectivity index (χ4v) is 4.27. The number of anilines is 2. The molecule has 0 bridgehead atoms. The van der Waals surface area contributed by atoms with E-state index < -0.39 is 0 Å². The summed E-state index contributed by atoms with van der Waals surface area (Å²) in [6.07, 6.45) is 2.85. The van der Waals surface area contributed by atoms with Gasteiger partial charge in [0, 0.05) is 48.0 Å². The summed E-state index contributed by atoms with van der Waals surface area (Å²) < 4.78 is 5.51. The summed E-state index contributed by atoms with van der Waals surface area (Å²) >= 11 is 6.07. The minimum absolute atomic E-state index is 0.0342. The van der Waals surface area contributed by atoms with Gasteiger partial charge in [-0.05, 0) is 55.3 Å². The Morgan fingerprint density at radius 3 is 2.59 bits per heavy atom. The zero-order valence-corrected chi connectivity index (χ0v) is 16.7. The topological polar surface area (TPSA) is 62.5 Å². The monoisotopic (exact) mass is 408 g/mol. The first-order chi connectivity index (χ1) is 14.2. The van der Waals surface area contributed by atoms with Gasteiger partial charge in [0.1, 0.15) is 0 Å². The molecule has 1 unspecified atom stereocenters. The van der Waals surface area contributed by atoms with Crippen LogP contribution in [-0.2, 0) is 4.79 Å². The van der Waals surface area contributed by atoms with Gasteiger partial charge in [-0.3, -0.25) is 4.79 Å². The molecular formula is C22H21ClN4O2. The highest BCUT2D eigenvalue weighted by Crippen LogP contribution is 2.33. The average molecular weight is 409 g/mol. The highest BCUT2D eigenvalue weighted by molar-refractivity contribution is 6.30. The van der Waals surface area contributed by atoms with Crippen molar-refractivity contribution in [3.05, 3.63) is 59.4 Å². The van der Waals surface area contributed by atoms with Crippen LogP contribution in [0.2, 0.25) is 5.02 Å². The minimum Gasteiger partial charge on any atom is -0.372 e. The molecular weight excluding hydrogens is 388 g/mol. The molecule has 5 rings (SSSR count). The number of rotatable bonds is 4. The van der Waals surface area contributed by atoms with Crippen LogP contribution in [0.5, 0.6) is 0 Å². The lowest BCUT2D eigenvalue weighted by Gasteiger charge is -2.17. The number of carbonyl (C=O) groups is 1. The van der Waals surface area contributed by atoms with E-state index in [1.807, 2.05) is 24.3 Å². The molecule has 2 fully saturated rings. The van der Waals surface area contributed by atoms with Crippen LogP contribution in [0.15, 0.2) is 53.1 Å². The average Bonchev–Trinajstić information content (AvgIpc) is 3.49. The lowest BCUT2D eigenvalue weighted by Crippen LogP contribution is -2.24. The van der Waals surface area contributed by atoms with Crippen molar-refractivity contribution in [3.63, 3.8) is 0 Å². The molecule has 0 N–H and O–H groups in total. The summed E-state index contributed by atoms with van der Waals surface area (Å²) in [4.78, 5) is 21.2. The van der Waals surface area contributed by atoms with E-state index in [4.69, 9.17) is 16.1 Å². The number of hydrogen-bond acceptors (Lipinski definition) is 5. The van der Waals surface area contributed by atoms with Crippen LogP contribution in [0.3, 0.4) is 0 Å². The maximum Gasteiger partial charge on any atom is 0.232 e. The SMILES string of the molecule is O=C1CC(c2nc(-c3ccc(N4CCCC4)cc3)no2)CN1c1cccc(Cl)c1. The van der Waals surface area contributed by atoms with Gasteiger partial charge >= 0.3 is 0 Å². The molecule has 7 heteroatoms. The normalized spacial score (nSPS) is 19.3. The molecule has 0 spiro atoms. The molecule has 1 aromatic heterocycles. The first kappa shape index (κ1) is 18.2. The van der Waals surface area contributed by atoms with Crippen LogP contribution in [0, 0.1) is 0 Å². The molecule has 2 saturated heterocycles. The predicted octanol–water partition coefficient (Wildman–Crippen LogP) is 4.51. The number of amides is 1. The first-order valence-electron chi connectivity index (χ1n) is 9.92. The number of nitrogens with zero attached hydrogens (tertiary/aromatic N) is 4. The molecule has 2 aliphatic rings. The molecule has 29 heavy (non-hydrogen) atoms. The molecule has 1 atom stereocenters. The maximum absolute atomic E-state index is 12.5. The summed E-state index contributed by atoms with van der Waals surface area (Å²) in [6.45, 7) is 2.74. The van der Waals surface area contributed by atoms with Crippen molar-refractivity contribution in [2.45, 2.75) is 25.2 Å². The Bertz CT molecular complexity index is 1030. The maximum atomic E-state index is 12.5. The predicted molar refractivity (Wildman–Crippen MR) is 112 cm³/mol. The molecule has 0 radical (unpaired) electrons. The van der Waals surface area contributed by atoms with E-state index >= 15 is 0 Å². The molecule has 0 saturated carbocycles. The Hall–Kier alpha value is -2.86. The largest absolute Gasteiger partial charge is 0.372 e. The van der Waals surface area contributed by atoms with Gasteiger partial charge in [-0.15, -0.1) is 0 Å². The first-order valence-corrected chi connectivity index (χ1v) is 10.3. The Morgan fingerprint density at radius 1 is 1.03 bits per heavy atom. The highest BCUT2D eigenvalue weighted by atomic mass is 35.5. The molecule has 2 aromatic carbocycles. The van der Waals surface area contributed by atoms with Gasteiger partial charge < -0.3 is 14.3 Å². The number of carbonyl (C=O) groups excluding carboxylic acids is 1. The van der Waals surface area contributed by atoms with Crippen LogP contribution in [-0.4, -0.2) is 35.7 Å². The summed E-state index contributed by atoms with van der Waals surface area (Å²) in [5, 5.41) is 4.75. The van der Waals surface area contributed by atoms with E-state index in [1.165, 1.54) is 18.5 Å². The standard InChI is InChI=1S/C22H21ClN4O2/c23-17-4-3-5-19(13-17)27-14-16(12-20(27)28)22-24-21(25-29-22)15-6-8-18(9-7-15)26-10-1-2-11-26/h3-9,13,16H,1-2,10-12,14H2. The van der Waals surface area contributed by atoms with Crippen molar-refractivity contribution < 1.29 is 9.32 Å². The third-order valence-electron chi connectivity index (χ3n) is 5.63. The van der Waals surface area contributed by atoms with Crippen LogP contribution >= 0.6 is 11.6 Å². The molecule has 2 aliphatic heterocycles. The smallest absolute Gasteiger partial charge is 0.232 e. The van der Waals surface area contributed by atoms with E-state index in [9.17, 15) is 4.79 Å². The third-order valence-corrected chi connectivity index (χ3v) is 5.87. The summed E-state index contributed by atoms with van der Waals surface area (Å²) in [6, 6.07) is 15.6. The number of halogens is 1. The van der Waals surface area contributed by atoms with Crippen molar-refractivity contribution in [1.29, 1.82) is 0 Å². The fourth-order valence-electron chi connectivity index (χ4n) is 4.08. The number of aromatic nitrogens is 2. The van der Waals surface area contributed by atoms with Gasteiger partial charge in [-0.1, -0.05) is 22.8 Å². The van der Waals surface area contributed by atoms with Crippen molar-refractivity contribution in [2.75, 3.05) is 29.4 Å². The lowest BCUT2D eigenvalue weighted by molar-refractivity contribution is -0.117. The van der Waals surface area contributed by atoms with Gasteiger partial charge in [0.15, 0.2) is 0 Å². The van der Waals surface area contributed by atoms with Gasteiger partial charge in [-0.2, -0.15) is 4.98 Å². The van der Waals surface area contributed by atoms with Crippen LogP contribution in [0.4, 0.5) is 11.4 Å². The van der Waals surface area contributed by atoms with Gasteiger partial charge in [0.25, 0.3) is 0 Å². The number of benzene rings is 2. The Labute approximate surface area is 174 Å². The Balaban J connectivity index is 1.32. The summed E-state index contributed by atoms with van der Waals surface area (Å²) in [5.74, 6) is 0.974. The minimum atomic E-state index is -0.119. The van der Waals surface area contributed by atoms with Gasteiger partial charge in [0.2, 0.25) is 17.6 Å². The van der Waals surface area contributed by atoms with Crippen LogP contribution in [0.25, 0.3) is 11.4 Å². The van der Waals surface area contributed by atoms with Crippen molar-refractivity contribution in [1.82, 2.24) is 10.1 Å². The van der Waals surface area contributed by atoms with E-state index in [1.54, 1.807) is 17.0 Å². The number of hydrogen-bond donors (Lipinski definition) is 0. The summed E-state index contributed by atoms with van der Waals surface area (Å²) in [5.41, 5.74) is 2.94. The Kier molecular flexibility index (Phi) is 4.72. The van der Waals surface area contributed by atoms with Gasteiger partial charge in [-0.25, -0.2) is 0 Å². The van der Waals surface area contributed by atoms with Crippen LogP contribution in [0.1, 0.15) is 31.1 Å². The van der Waals surface area contributed by atoms with E-state index in [0.717, 1.165) is 24.3 Å². The quantitative estimate of drug-likeness (QED) is 0.635. The second kappa shape index (κ2) is 7.52. The fraction of sp³-hybridized carbons (Fsp3) is 0.318. The third kappa shape index (κ3) is 3.60. The van der Waals surface area contributed by atoms with E-state index in [-0.39, 0.29) is 11.8 Å². The molecule has 6 nitrogen and oxygen atoms in total. The molecule has 3 heterocycles. The second-order valence-corrected chi connectivity index (χ2v) is 8.02. The van der Waals surface area contributed by atoms with Crippen LogP contribution < -0.4 is 9.80 Å². The highest BCUT2D eigenvalue weighted by Gasteiger charge is 2.35. The van der Waals surface area contributed by atoms with Crippen molar-refractivity contribution in [2.24, 2.45) is 0 Å².